The first-order valence-corrected chi connectivity index (χ1v) is 19.2. The van der Waals surface area contributed by atoms with Crippen LogP contribution in [0.2, 0.25) is 0 Å². The van der Waals surface area contributed by atoms with E-state index >= 15 is 0 Å². The van der Waals surface area contributed by atoms with Gasteiger partial charge in [0.1, 0.15) is 47.5 Å². The maximum Gasteiger partial charge on any atom is 0.326 e. The lowest BCUT2D eigenvalue weighted by Gasteiger charge is -2.18. The van der Waals surface area contributed by atoms with Crippen LogP contribution in [-0.4, -0.2) is 81.1 Å². The zero-order chi connectivity index (χ0) is 41.1. The van der Waals surface area contributed by atoms with Crippen molar-refractivity contribution in [3.8, 4) is 45.8 Å². The Morgan fingerprint density at radius 2 is 1.46 bits per heavy atom. The lowest BCUT2D eigenvalue weighted by molar-refractivity contribution is -0.145. The summed E-state index contributed by atoms with van der Waals surface area (Å²) < 4.78 is 73.1. The Labute approximate surface area is 329 Å². The van der Waals surface area contributed by atoms with Crippen molar-refractivity contribution in [1.29, 1.82) is 0 Å². The SMILES string of the molecule is CCOC(=O)C(CNC(=O)Cc1ccc(OCCOc2c(-c3ccc(OC)c(OC)c3)oc3cc(OC)cc(OC)c3c2=O)cc1)NS(=O)(=O)c1ccc(C)cc1. The van der Waals surface area contributed by atoms with Crippen LogP contribution in [0.5, 0.6) is 34.5 Å². The predicted octanol–water partition coefficient (Wildman–Crippen LogP) is 4.83. The molecule has 0 aliphatic carbocycles. The van der Waals surface area contributed by atoms with Gasteiger partial charge in [-0.1, -0.05) is 29.8 Å². The van der Waals surface area contributed by atoms with Gasteiger partial charge in [0.15, 0.2) is 17.3 Å². The highest BCUT2D eigenvalue weighted by Gasteiger charge is 2.28. The number of carbonyl (C=O) groups is 2. The van der Waals surface area contributed by atoms with Gasteiger partial charge in [-0.3, -0.25) is 14.4 Å². The third-order valence-corrected chi connectivity index (χ3v) is 10.1. The van der Waals surface area contributed by atoms with Gasteiger partial charge >= 0.3 is 5.97 Å². The van der Waals surface area contributed by atoms with Crippen molar-refractivity contribution in [2.75, 3.05) is 54.8 Å². The monoisotopic (exact) mass is 804 g/mol. The normalized spacial score (nSPS) is 11.7. The van der Waals surface area contributed by atoms with Gasteiger partial charge < -0.3 is 42.9 Å². The number of fused-ring (bicyclic) bond motifs is 1. The first-order valence-electron chi connectivity index (χ1n) is 17.7. The summed E-state index contributed by atoms with van der Waals surface area (Å²) in [6.45, 7) is 3.11. The molecule has 1 unspecified atom stereocenters. The number of ether oxygens (including phenoxy) is 7. The van der Waals surface area contributed by atoms with E-state index in [9.17, 15) is 22.8 Å². The van der Waals surface area contributed by atoms with Crippen LogP contribution in [0.25, 0.3) is 22.3 Å². The fraction of sp³-hybridized carbons (Fsp3) is 0.293. The van der Waals surface area contributed by atoms with Gasteiger partial charge in [0.05, 0.1) is 46.4 Å². The van der Waals surface area contributed by atoms with Crippen LogP contribution in [0, 0.1) is 6.92 Å². The van der Waals surface area contributed by atoms with E-state index in [1.165, 1.54) is 40.6 Å². The summed E-state index contributed by atoms with van der Waals surface area (Å²) in [4.78, 5) is 39.3. The summed E-state index contributed by atoms with van der Waals surface area (Å²) in [7, 11) is 1.86. The molecule has 4 aromatic carbocycles. The molecule has 0 aliphatic heterocycles. The second kappa shape index (κ2) is 19.1. The number of amides is 1. The molecular formula is C41H44N2O13S. The van der Waals surface area contributed by atoms with E-state index in [2.05, 4.69) is 10.0 Å². The Balaban J connectivity index is 1.23. The number of rotatable bonds is 19. The fourth-order valence-corrected chi connectivity index (χ4v) is 6.86. The molecule has 0 radical (unpaired) electrons. The molecule has 57 heavy (non-hydrogen) atoms. The van der Waals surface area contributed by atoms with Crippen molar-refractivity contribution >= 4 is 32.9 Å². The number of methoxy groups -OCH3 is 4. The van der Waals surface area contributed by atoms with E-state index in [1.807, 2.05) is 6.92 Å². The Hall–Kier alpha value is -6.26. The molecular weight excluding hydrogens is 761 g/mol. The fourth-order valence-electron chi connectivity index (χ4n) is 5.68. The highest BCUT2D eigenvalue weighted by Crippen LogP contribution is 2.39. The van der Waals surface area contributed by atoms with Gasteiger partial charge in [-0.15, -0.1) is 0 Å². The third kappa shape index (κ3) is 10.3. The van der Waals surface area contributed by atoms with Crippen LogP contribution in [0.4, 0.5) is 0 Å². The molecule has 0 fully saturated rings. The molecule has 15 nitrogen and oxygen atoms in total. The van der Waals surface area contributed by atoms with E-state index < -0.39 is 33.4 Å². The quantitative estimate of drug-likeness (QED) is 0.0855. The molecule has 1 amide bonds. The van der Waals surface area contributed by atoms with Gasteiger partial charge in [0.2, 0.25) is 27.1 Å². The first kappa shape index (κ1) is 41.9. The van der Waals surface area contributed by atoms with E-state index in [4.69, 9.17) is 37.6 Å². The van der Waals surface area contributed by atoms with E-state index in [0.717, 1.165) is 5.56 Å². The van der Waals surface area contributed by atoms with Crippen molar-refractivity contribution in [1.82, 2.24) is 10.0 Å². The van der Waals surface area contributed by atoms with Crippen LogP contribution in [-0.2, 0) is 30.8 Å². The molecule has 0 saturated carbocycles. The largest absolute Gasteiger partial charge is 0.496 e. The predicted molar refractivity (Wildman–Crippen MR) is 210 cm³/mol. The van der Waals surface area contributed by atoms with E-state index in [1.54, 1.807) is 73.7 Å². The van der Waals surface area contributed by atoms with Crippen LogP contribution in [0.15, 0.2) is 93.0 Å². The summed E-state index contributed by atoms with van der Waals surface area (Å²) in [5.41, 5.74) is 1.74. The van der Waals surface area contributed by atoms with Crippen LogP contribution >= 0.6 is 0 Å². The van der Waals surface area contributed by atoms with Gasteiger partial charge in [-0.05, 0) is 61.9 Å². The summed E-state index contributed by atoms with van der Waals surface area (Å²) in [5, 5.41) is 2.77. The van der Waals surface area contributed by atoms with E-state index in [-0.39, 0.29) is 65.9 Å². The number of esters is 1. The number of sulfonamides is 1. The summed E-state index contributed by atoms with van der Waals surface area (Å²) >= 11 is 0. The third-order valence-electron chi connectivity index (χ3n) is 8.58. The lowest BCUT2D eigenvalue weighted by Crippen LogP contribution is -2.49. The van der Waals surface area contributed by atoms with Gasteiger partial charge in [0.25, 0.3) is 0 Å². The molecule has 1 heterocycles. The molecule has 1 atom stereocenters. The first-order chi connectivity index (χ1) is 27.4. The van der Waals surface area contributed by atoms with Gasteiger partial charge in [-0.2, -0.15) is 4.72 Å². The summed E-state index contributed by atoms with van der Waals surface area (Å²) in [5.74, 6) is 0.837. The number of carbonyl (C=O) groups excluding carboxylic acids is 2. The Kier molecular flexibility index (Phi) is 14.0. The van der Waals surface area contributed by atoms with Crippen LogP contribution in [0.3, 0.4) is 0 Å². The maximum absolute atomic E-state index is 14.0. The van der Waals surface area contributed by atoms with Crippen molar-refractivity contribution in [3.05, 3.63) is 100 Å². The molecule has 16 heteroatoms. The second-order valence-corrected chi connectivity index (χ2v) is 14.1. The zero-order valence-corrected chi connectivity index (χ0v) is 33.2. The average Bonchev–Trinajstić information content (AvgIpc) is 3.21. The number of benzene rings is 4. The van der Waals surface area contributed by atoms with Gasteiger partial charge in [-0.25, -0.2) is 8.42 Å². The number of aryl methyl sites for hydroxylation is 1. The number of hydrogen-bond acceptors (Lipinski definition) is 13. The minimum atomic E-state index is -4.08. The highest BCUT2D eigenvalue weighted by molar-refractivity contribution is 7.89. The van der Waals surface area contributed by atoms with Crippen LogP contribution < -0.4 is 43.9 Å². The molecule has 0 saturated heterocycles. The van der Waals surface area contributed by atoms with Gasteiger partial charge in [0, 0.05) is 24.2 Å². The Morgan fingerprint density at radius 1 is 0.772 bits per heavy atom. The molecule has 0 bridgehead atoms. The Bertz CT molecular complexity index is 2360. The highest BCUT2D eigenvalue weighted by atomic mass is 32.2. The minimum absolute atomic E-state index is 0.0247. The average molecular weight is 805 g/mol. The molecule has 0 aliphatic rings. The van der Waals surface area contributed by atoms with E-state index in [0.29, 0.717) is 34.1 Å². The number of nitrogens with one attached hydrogen (secondary N) is 2. The molecule has 1 aromatic heterocycles. The minimum Gasteiger partial charge on any atom is -0.496 e. The molecule has 5 aromatic rings. The standard InChI is InChI=1S/C41H44N2O13S/c1-7-53-41(46)31(43-57(47,48)30-15-8-25(2)9-16-30)24-42-36(44)20-26-10-13-28(14-11-26)54-18-19-55-40-38(45)37-34(52-6)22-29(49-3)23-35(37)56-39(40)27-12-17-32(50-4)33(21-27)51-5/h8-17,21-23,31,43H,7,18-20,24H2,1-6H3,(H,42,44). The molecule has 0 spiro atoms. The molecule has 5 rings (SSSR count). The number of hydrogen-bond donors (Lipinski definition) is 2. The van der Waals surface area contributed by atoms with Crippen molar-refractivity contribution < 1.29 is 55.6 Å². The topological polar surface area (TPSA) is 187 Å². The lowest BCUT2D eigenvalue weighted by atomic mass is 10.1. The summed E-state index contributed by atoms with van der Waals surface area (Å²) in [6, 6.07) is 19.7. The summed E-state index contributed by atoms with van der Waals surface area (Å²) in [6.07, 6.45) is -0.0599. The molecule has 2 N–H and O–H groups in total. The van der Waals surface area contributed by atoms with Crippen LogP contribution in [0.1, 0.15) is 18.1 Å². The van der Waals surface area contributed by atoms with Crippen molar-refractivity contribution in [2.24, 2.45) is 0 Å². The smallest absolute Gasteiger partial charge is 0.326 e. The van der Waals surface area contributed by atoms with Crippen molar-refractivity contribution in [3.63, 3.8) is 0 Å². The maximum atomic E-state index is 14.0. The van der Waals surface area contributed by atoms with Crippen molar-refractivity contribution in [2.45, 2.75) is 31.2 Å². The second-order valence-electron chi connectivity index (χ2n) is 12.4. The zero-order valence-electron chi connectivity index (χ0n) is 32.3. The molecule has 302 valence electrons. The Morgan fingerprint density at radius 3 is 2.11 bits per heavy atom.